The third-order valence-corrected chi connectivity index (χ3v) is 13.7. The molecule has 0 saturated heterocycles. The van der Waals surface area contributed by atoms with Crippen molar-refractivity contribution in [2.24, 2.45) is 0 Å². The van der Waals surface area contributed by atoms with E-state index in [0.29, 0.717) is 0 Å². The first kappa shape index (κ1) is 66.8. The van der Waals surface area contributed by atoms with Gasteiger partial charge in [-0.15, -0.1) is 21.9 Å². The molecule has 434 valence electrons. The van der Waals surface area contributed by atoms with Crippen molar-refractivity contribution in [2.45, 2.75) is 149 Å². The summed E-state index contributed by atoms with van der Waals surface area (Å²) >= 11 is 0. The highest BCUT2D eigenvalue weighted by Crippen LogP contribution is 2.31. The van der Waals surface area contributed by atoms with Crippen LogP contribution < -0.4 is 32.9 Å². The molecule has 23 heteroatoms. The molecule has 0 spiro atoms. The molecular weight excluding hydrogens is 1080 g/mol. The number of benzene rings is 5. The molecule has 78 heavy (non-hydrogen) atoms. The van der Waals surface area contributed by atoms with Crippen LogP contribution in [0.5, 0.6) is 0 Å². The summed E-state index contributed by atoms with van der Waals surface area (Å²) in [4.78, 5) is 2.68. The zero-order valence-electron chi connectivity index (χ0n) is 43.4. The third-order valence-electron chi connectivity index (χ3n) is 13.7. The molecule has 0 amide bonds. The smallest absolute Gasteiger partial charge is 0.200 e. The lowest BCUT2D eigenvalue weighted by Gasteiger charge is -2.44. The quantitative estimate of drug-likeness (QED) is 0.0184. The van der Waals surface area contributed by atoms with Gasteiger partial charge in [0.2, 0.25) is 0 Å². The summed E-state index contributed by atoms with van der Waals surface area (Å²) in [5, 5.41) is 0. The van der Waals surface area contributed by atoms with Crippen molar-refractivity contribution >= 4 is 33.7 Å². The van der Waals surface area contributed by atoms with Crippen LogP contribution in [0.2, 0.25) is 0 Å². The molecule has 0 unspecified atom stereocenters. The molecule has 4 N–H and O–H groups in total. The van der Waals surface area contributed by atoms with Crippen molar-refractivity contribution in [2.75, 3.05) is 18.0 Å². The number of nitrogens with zero attached hydrogens (tertiary/aromatic N) is 1. The Morgan fingerprint density at radius 1 is 0.282 bits per heavy atom. The van der Waals surface area contributed by atoms with Crippen molar-refractivity contribution in [3.05, 3.63) is 146 Å². The van der Waals surface area contributed by atoms with Gasteiger partial charge in [-0.2, -0.15) is 0 Å². The van der Waals surface area contributed by atoms with E-state index in [1.165, 1.54) is 153 Å². The lowest BCUT2D eigenvalue weighted by atomic mass is 9.12. The van der Waals surface area contributed by atoms with E-state index in [2.05, 4.69) is 49.9 Å². The van der Waals surface area contributed by atoms with Crippen LogP contribution in [-0.2, 0) is 0 Å². The molecule has 0 radical (unpaired) electrons. The maximum atomic E-state index is 15.4. The van der Waals surface area contributed by atoms with E-state index in [0.717, 1.165) is 0 Å². The molecule has 5 aromatic carbocycles. The Bertz CT molecular complexity index is 2410. The molecule has 0 bridgehead atoms. The Morgan fingerprint density at radius 3 is 0.692 bits per heavy atom. The van der Waals surface area contributed by atoms with Crippen LogP contribution in [0.3, 0.4) is 0 Å². The average molecular weight is 1140 g/mol. The van der Waals surface area contributed by atoms with Crippen molar-refractivity contribution in [1.29, 1.82) is 0 Å². The number of halogens is 20. The number of quaternary nitrogens is 1. The maximum Gasteiger partial charge on any atom is 0.200 e. The maximum absolute atomic E-state index is 15.4. The standard InChI is InChI=1S/C31H57N.C24BF20.H3N/c1-4-6-8-10-12-14-15-16-17-19-21-25-29-32(31-27-23-22-26-30(31)3)28-24-20-18-13-11-9-7-5-2;26-5-1(6(27)14(35)21(42)13(5)34)25(2-7(28)15(36)22(43)16(37)8(2)29,3-9(30)17(38)23(44)18(39)10(3)31)4-11(32)19(40)24(45)20(41)12(4)33;/h22-23,26-27H,4-21,24-25,28-29H2,1-3H3;;1H3/q;-1;/p+1. The van der Waals surface area contributed by atoms with Gasteiger partial charge in [-0.1, -0.05) is 148 Å². The second kappa shape index (κ2) is 30.8. The molecule has 0 saturated carbocycles. The number of hydrogen-bond donors (Lipinski definition) is 1. The van der Waals surface area contributed by atoms with E-state index in [1.807, 2.05) is 0 Å². The number of para-hydroxylation sites is 1. The Morgan fingerprint density at radius 2 is 0.474 bits per heavy atom. The molecule has 5 aromatic rings. The summed E-state index contributed by atoms with van der Waals surface area (Å²) in [7, 11) is 0. The Balaban J connectivity index is 0.000000430. The molecule has 0 aromatic heterocycles. The van der Waals surface area contributed by atoms with Crippen molar-refractivity contribution in [1.82, 2.24) is 6.15 Å². The number of hydrogen-bond acceptors (Lipinski definition) is 1. The van der Waals surface area contributed by atoms with Crippen molar-refractivity contribution in [3.63, 3.8) is 0 Å². The highest BCUT2D eigenvalue weighted by atomic mass is 19.2. The van der Waals surface area contributed by atoms with E-state index in [9.17, 15) is 52.7 Å². The Kier molecular flexibility index (Phi) is 26.4. The van der Waals surface area contributed by atoms with Gasteiger partial charge in [0, 0.05) is 18.8 Å². The van der Waals surface area contributed by atoms with E-state index < -0.39 is 144 Å². The minimum Gasteiger partial charge on any atom is -0.371 e. The van der Waals surface area contributed by atoms with Crippen molar-refractivity contribution in [3.8, 4) is 0 Å². The van der Waals surface area contributed by atoms with Gasteiger partial charge in [0.1, 0.15) is 52.7 Å². The number of anilines is 1. The molecule has 5 rings (SSSR count). The number of aryl methyl sites for hydroxylation is 1. The van der Waals surface area contributed by atoms with Gasteiger partial charge in [-0.05, 0) is 31.4 Å². The topological polar surface area (TPSA) is 39.7 Å². The van der Waals surface area contributed by atoms with Crippen LogP contribution in [0.15, 0.2) is 24.3 Å². The third kappa shape index (κ3) is 14.5. The summed E-state index contributed by atoms with van der Waals surface area (Å²) < 4.78 is 294. The number of rotatable bonds is 27. The largest absolute Gasteiger partial charge is 0.371 e. The molecule has 0 heterocycles. The summed E-state index contributed by atoms with van der Waals surface area (Å²) in [5.74, 6) is -71.4. The van der Waals surface area contributed by atoms with E-state index >= 15 is 35.1 Å². The SMILES string of the molecule is CCCCCCCCCCCCCCN(CCCCCCCCCC)c1ccccc1C.Fc1c(F)c(F)c([B-](c2c(F)c(F)c(F)c(F)c2F)(c2c(F)c(F)c(F)c(F)c2F)c2c(F)c(F)c(F)c(F)c2F)c(F)c1F.[NH4+]. The molecule has 0 atom stereocenters. The second-order valence-corrected chi connectivity index (χ2v) is 18.9. The van der Waals surface area contributed by atoms with Crippen LogP contribution in [-0.4, -0.2) is 19.2 Å². The first-order valence-corrected chi connectivity index (χ1v) is 25.5. The van der Waals surface area contributed by atoms with Gasteiger partial charge in [0.05, 0.1) is 0 Å². The fraction of sp³-hybridized carbons (Fsp3) is 0.455. The van der Waals surface area contributed by atoms with Crippen LogP contribution in [0.1, 0.15) is 148 Å². The molecule has 2 nitrogen and oxygen atoms in total. The first-order valence-electron chi connectivity index (χ1n) is 25.5. The van der Waals surface area contributed by atoms with Gasteiger partial charge in [-0.25, -0.2) is 87.8 Å². The van der Waals surface area contributed by atoms with Gasteiger partial charge < -0.3 is 11.1 Å². The highest BCUT2D eigenvalue weighted by Gasteiger charge is 2.52. The van der Waals surface area contributed by atoms with Gasteiger partial charge in [0.15, 0.2) is 69.8 Å². The Hall–Kier alpha value is -5.48. The fourth-order valence-corrected chi connectivity index (χ4v) is 9.73. The number of unbranched alkanes of at least 4 members (excludes halogenated alkanes) is 18. The summed E-state index contributed by atoms with van der Waals surface area (Å²) in [6.45, 7) is 9.35. The predicted molar refractivity (Wildman–Crippen MR) is 262 cm³/mol. The minimum absolute atomic E-state index is 0. The van der Waals surface area contributed by atoms with Crippen LogP contribution in [0, 0.1) is 123 Å². The second-order valence-electron chi connectivity index (χ2n) is 18.9. The average Bonchev–Trinajstić information content (AvgIpc) is 3.61. The molecule has 0 aliphatic carbocycles. The summed E-state index contributed by atoms with van der Waals surface area (Å²) in [5.41, 5.74) is -11.4. The zero-order chi connectivity index (χ0) is 57.5. The molecule has 0 aliphatic heterocycles. The molecular formula is C55H61BF20N2. The molecule has 0 aliphatic rings. The predicted octanol–water partition coefficient (Wildman–Crippen LogP) is 16.9. The van der Waals surface area contributed by atoms with E-state index in [1.54, 1.807) is 0 Å². The summed E-state index contributed by atoms with van der Waals surface area (Å²) in [6, 6.07) is 9.00. The lowest BCUT2D eigenvalue weighted by molar-refractivity contribution is 0.378. The van der Waals surface area contributed by atoms with Gasteiger partial charge in [-0.3, -0.25) is 0 Å². The monoisotopic (exact) mass is 1140 g/mol. The highest BCUT2D eigenvalue weighted by molar-refractivity contribution is 7.20. The lowest BCUT2D eigenvalue weighted by Crippen LogP contribution is -2.81. The van der Waals surface area contributed by atoms with Crippen LogP contribution >= 0.6 is 0 Å². The van der Waals surface area contributed by atoms with Crippen LogP contribution in [0.25, 0.3) is 0 Å². The van der Waals surface area contributed by atoms with Gasteiger partial charge in [0.25, 0.3) is 0 Å². The minimum atomic E-state index is -7.22. The van der Waals surface area contributed by atoms with Gasteiger partial charge >= 0.3 is 0 Å². The summed E-state index contributed by atoms with van der Waals surface area (Å²) in [6.07, 6.45) is 21.2. The first-order chi connectivity index (χ1) is 36.5. The van der Waals surface area contributed by atoms with Crippen LogP contribution in [0.4, 0.5) is 93.5 Å². The van der Waals surface area contributed by atoms with E-state index in [4.69, 9.17) is 0 Å². The zero-order valence-corrected chi connectivity index (χ0v) is 43.4. The fourth-order valence-electron chi connectivity index (χ4n) is 9.73. The van der Waals surface area contributed by atoms with Crippen molar-refractivity contribution < 1.29 is 87.8 Å². The normalized spacial score (nSPS) is 11.5. The Labute approximate surface area is 440 Å². The molecule has 0 fully saturated rings. The van der Waals surface area contributed by atoms with E-state index in [-0.39, 0.29) is 6.15 Å².